The van der Waals surface area contributed by atoms with Crippen molar-refractivity contribution >= 4 is 11.7 Å². The monoisotopic (exact) mass is 129 g/mol. The van der Waals surface area contributed by atoms with Crippen molar-refractivity contribution in [1.82, 2.24) is 0 Å². The number of nitrogens with one attached hydrogen (secondary N) is 2. The standard InChI is InChI=1S/C3H7N5O/c4-2(5)1(8-9)3(6)7/h1H,(H3,4,5)(H3,6,7). The molecule has 0 fully saturated rings. The number of rotatable bonds is 3. The highest BCUT2D eigenvalue weighted by molar-refractivity contribution is 6.05. The molecule has 0 spiro atoms. The molecule has 0 saturated heterocycles. The molecule has 0 aromatic rings. The molecule has 6 N–H and O–H groups in total. The molecule has 0 rings (SSSR count). The number of nitroso groups, excluding NO2 is 1. The summed E-state index contributed by atoms with van der Waals surface area (Å²) in [7, 11) is 0. The van der Waals surface area contributed by atoms with Crippen LogP contribution in [0.1, 0.15) is 0 Å². The van der Waals surface area contributed by atoms with Gasteiger partial charge in [0.25, 0.3) is 0 Å². The Labute approximate surface area is 51.2 Å². The zero-order valence-electron chi connectivity index (χ0n) is 4.59. The average molecular weight is 129 g/mol. The van der Waals surface area contributed by atoms with Crippen molar-refractivity contribution in [2.45, 2.75) is 6.04 Å². The number of nitrogens with zero attached hydrogens (tertiary/aromatic N) is 1. The van der Waals surface area contributed by atoms with Crippen LogP contribution in [0.2, 0.25) is 0 Å². The fourth-order valence-electron chi connectivity index (χ4n) is 0.281. The third-order valence-corrected chi connectivity index (χ3v) is 0.695. The Morgan fingerprint density at radius 2 is 1.67 bits per heavy atom. The van der Waals surface area contributed by atoms with Crippen LogP contribution in [0.4, 0.5) is 0 Å². The van der Waals surface area contributed by atoms with Crippen molar-refractivity contribution in [1.29, 1.82) is 10.8 Å². The van der Waals surface area contributed by atoms with Crippen LogP contribution < -0.4 is 11.5 Å². The van der Waals surface area contributed by atoms with E-state index in [2.05, 4.69) is 5.18 Å². The molecular weight excluding hydrogens is 122 g/mol. The molecule has 0 heterocycles. The van der Waals surface area contributed by atoms with E-state index in [4.69, 9.17) is 22.3 Å². The Balaban J connectivity index is 4.16. The molecule has 50 valence electrons. The van der Waals surface area contributed by atoms with Gasteiger partial charge in [-0.1, -0.05) is 5.18 Å². The molecule has 0 aliphatic carbocycles. The second-order valence-electron chi connectivity index (χ2n) is 1.42. The maximum atomic E-state index is 9.70. The van der Waals surface area contributed by atoms with Crippen LogP contribution >= 0.6 is 0 Å². The van der Waals surface area contributed by atoms with E-state index in [1.54, 1.807) is 0 Å². The normalized spacial score (nSPS) is 12.0. The molecule has 0 aliphatic heterocycles. The molecule has 6 heteroatoms. The third-order valence-electron chi connectivity index (χ3n) is 0.695. The first kappa shape index (κ1) is 7.54. The number of hydrogen-bond acceptors (Lipinski definition) is 4. The van der Waals surface area contributed by atoms with Crippen LogP contribution in [-0.2, 0) is 0 Å². The third kappa shape index (κ3) is 1.85. The van der Waals surface area contributed by atoms with Crippen molar-refractivity contribution in [3.8, 4) is 0 Å². The predicted octanol–water partition coefficient (Wildman–Crippen LogP) is -1.01. The summed E-state index contributed by atoms with van der Waals surface area (Å²) in [5.41, 5.74) is 9.63. The Hall–Kier alpha value is -1.46. The Bertz CT molecular complexity index is 138. The lowest BCUT2D eigenvalue weighted by Crippen LogP contribution is -2.37. The van der Waals surface area contributed by atoms with Crippen molar-refractivity contribution in [3.63, 3.8) is 0 Å². The van der Waals surface area contributed by atoms with Gasteiger partial charge in [0.15, 0.2) is 0 Å². The van der Waals surface area contributed by atoms with Crippen LogP contribution in [-0.4, -0.2) is 17.7 Å². The highest BCUT2D eigenvalue weighted by atomic mass is 16.3. The number of nitrogens with two attached hydrogens (primary N) is 2. The minimum absolute atomic E-state index is 0.502. The highest BCUT2D eigenvalue weighted by Gasteiger charge is 2.14. The fourth-order valence-corrected chi connectivity index (χ4v) is 0.281. The van der Waals surface area contributed by atoms with Crippen LogP contribution in [0.25, 0.3) is 0 Å². The van der Waals surface area contributed by atoms with Crippen molar-refractivity contribution in [2.24, 2.45) is 16.6 Å². The van der Waals surface area contributed by atoms with E-state index in [0.29, 0.717) is 0 Å². The molecule has 0 unspecified atom stereocenters. The van der Waals surface area contributed by atoms with Crippen molar-refractivity contribution < 1.29 is 0 Å². The van der Waals surface area contributed by atoms with Gasteiger partial charge in [-0.3, -0.25) is 10.8 Å². The Morgan fingerprint density at radius 1 is 1.33 bits per heavy atom. The number of amidine groups is 2. The molecule has 0 amide bonds. The second kappa shape index (κ2) is 2.75. The van der Waals surface area contributed by atoms with E-state index in [0.717, 1.165) is 0 Å². The molecule has 0 atom stereocenters. The van der Waals surface area contributed by atoms with Crippen LogP contribution in [0.15, 0.2) is 5.18 Å². The lowest BCUT2D eigenvalue weighted by atomic mass is 10.3. The SMILES string of the molecule is N=C(N)C(N=O)C(=N)N. The van der Waals surface area contributed by atoms with E-state index < -0.39 is 17.7 Å². The summed E-state index contributed by atoms with van der Waals surface area (Å²) in [4.78, 5) is 9.70. The summed E-state index contributed by atoms with van der Waals surface area (Å²) in [5, 5.41) is 15.6. The van der Waals surface area contributed by atoms with Gasteiger partial charge < -0.3 is 11.5 Å². The summed E-state index contributed by atoms with van der Waals surface area (Å²) >= 11 is 0. The Kier molecular flexibility index (Phi) is 2.31. The summed E-state index contributed by atoms with van der Waals surface area (Å²) in [6, 6.07) is -1.29. The van der Waals surface area contributed by atoms with E-state index >= 15 is 0 Å². The summed E-state index contributed by atoms with van der Waals surface area (Å²) in [6.07, 6.45) is 0. The van der Waals surface area contributed by atoms with Crippen LogP contribution in [0.3, 0.4) is 0 Å². The first-order chi connectivity index (χ1) is 4.09. The summed E-state index contributed by atoms with van der Waals surface area (Å²) < 4.78 is 0. The van der Waals surface area contributed by atoms with E-state index in [1.165, 1.54) is 0 Å². The topological polar surface area (TPSA) is 129 Å². The quantitative estimate of drug-likeness (QED) is 0.221. The first-order valence-electron chi connectivity index (χ1n) is 2.10. The van der Waals surface area contributed by atoms with E-state index in [-0.39, 0.29) is 0 Å². The molecule has 9 heavy (non-hydrogen) atoms. The van der Waals surface area contributed by atoms with Gasteiger partial charge in [-0.05, 0) is 0 Å². The lowest BCUT2D eigenvalue weighted by Gasteiger charge is -2.01. The zero-order valence-corrected chi connectivity index (χ0v) is 4.59. The van der Waals surface area contributed by atoms with Crippen LogP contribution in [0.5, 0.6) is 0 Å². The largest absolute Gasteiger partial charge is 0.385 e. The molecule has 0 bridgehead atoms. The minimum atomic E-state index is -1.29. The van der Waals surface area contributed by atoms with Crippen molar-refractivity contribution in [2.75, 3.05) is 0 Å². The molecule has 0 aromatic heterocycles. The maximum Gasteiger partial charge on any atom is 0.204 e. The average Bonchev–Trinajstić information content (AvgIpc) is 1.64. The Morgan fingerprint density at radius 3 is 1.67 bits per heavy atom. The fraction of sp³-hybridized carbons (Fsp3) is 0.333. The molecule has 0 saturated carbocycles. The molecule has 0 aromatic carbocycles. The summed E-state index contributed by atoms with van der Waals surface area (Å²) in [6.45, 7) is 0. The van der Waals surface area contributed by atoms with E-state index in [9.17, 15) is 4.91 Å². The summed E-state index contributed by atoms with van der Waals surface area (Å²) in [5.74, 6) is -1.00. The van der Waals surface area contributed by atoms with Gasteiger partial charge in [-0.15, -0.1) is 4.91 Å². The van der Waals surface area contributed by atoms with Gasteiger partial charge in [-0.25, -0.2) is 0 Å². The number of hydrogen-bond donors (Lipinski definition) is 4. The van der Waals surface area contributed by atoms with Gasteiger partial charge in [-0.2, -0.15) is 0 Å². The molecular formula is C3H7N5O. The lowest BCUT2D eigenvalue weighted by molar-refractivity contribution is 1.05. The van der Waals surface area contributed by atoms with Gasteiger partial charge in [0.2, 0.25) is 6.04 Å². The van der Waals surface area contributed by atoms with Gasteiger partial charge in [0.05, 0.1) is 0 Å². The van der Waals surface area contributed by atoms with E-state index in [1.807, 2.05) is 0 Å². The predicted molar refractivity (Wildman–Crippen MR) is 33.4 cm³/mol. The first-order valence-corrected chi connectivity index (χ1v) is 2.10. The van der Waals surface area contributed by atoms with Crippen molar-refractivity contribution in [3.05, 3.63) is 4.91 Å². The van der Waals surface area contributed by atoms with Gasteiger partial charge in [0, 0.05) is 0 Å². The second-order valence-corrected chi connectivity index (χ2v) is 1.42. The molecule has 6 nitrogen and oxygen atoms in total. The molecule has 0 radical (unpaired) electrons. The van der Waals surface area contributed by atoms with Gasteiger partial charge in [0.1, 0.15) is 11.7 Å². The van der Waals surface area contributed by atoms with Crippen LogP contribution in [0, 0.1) is 15.7 Å². The zero-order chi connectivity index (χ0) is 7.44. The van der Waals surface area contributed by atoms with Gasteiger partial charge >= 0.3 is 0 Å². The maximum absolute atomic E-state index is 9.70. The smallest absolute Gasteiger partial charge is 0.204 e. The highest BCUT2D eigenvalue weighted by Crippen LogP contribution is 1.85. The minimum Gasteiger partial charge on any atom is -0.385 e. The molecule has 0 aliphatic rings.